The number of para-hydroxylation sites is 1. The first kappa shape index (κ1) is 21.1. The van der Waals surface area contributed by atoms with Gasteiger partial charge in [-0.15, -0.1) is 0 Å². The van der Waals surface area contributed by atoms with Crippen molar-refractivity contribution in [2.24, 2.45) is 0 Å². The standard InChI is InChI=1S/C25H16FN3O5/c26-15-4-3-5-17(12-15)28-22(19-13-27-20-7-2-1-6-18(19)20)21(24(31)25(28)32)23(30)14-8-10-16(11-9-14)29(33)34/h1-13,22,27,30H/b23-21+. The molecule has 4 aromatic rings. The molecule has 168 valence electrons. The second-order valence-corrected chi connectivity index (χ2v) is 7.74. The first-order valence-electron chi connectivity index (χ1n) is 10.2. The van der Waals surface area contributed by atoms with Crippen LogP contribution in [-0.4, -0.2) is 26.7 Å². The molecule has 1 unspecified atom stereocenters. The molecule has 8 nitrogen and oxygen atoms in total. The summed E-state index contributed by atoms with van der Waals surface area (Å²) in [6.45, 7) is 0. The zero-order valence-electron chi connectivity index (χ0n) is 17.4. The molecule has 0 aliphatic carbocycles. The number of carbonyl (C=O) groups excluding carboxylic acids is 2. The van der Waals surface area contributed by atoms with Gasteiger partial charge in [-0.3, -0.25) is 24.6 Å². The van der Waals surface area contributed by atoms with Crippen molar-refractivity contribution in [1.82, 2.24) is 4.98 Å². The second kappa shape index (κ2) is 7.96. The molecule has 2 heterocycles. The molecule has 1 aliphatic heterocycles. The van der Waals surface area contributed by atoms with Crippen molar-refractivity contribution >= 4 is 39.7 Å². The van der Waals surface area contributed by atoms with Crippen molar-refractivity contribution in [2.45, 2.75) is 6.04 Å². The van der Waals surface area contributed by atoms with Gasteiger partial charge in [-0.25, -0.2) is 4.39 Å². The number of benzene rings is 3. The summed E-state index contributed by atoms with van der Waals surface area (Å²) in [6, 6.07) is 16.5. The van der Waals surface area contributed by atoms with Crippen LogP contribution in [0.5, 0.6) is 0 Å². The third-order valence-electron chi connectivity index (χ3n) is 5.80. The number of nitro groups is 1. The number of amides is 1. The number of carbonyl (C=O) groups is 2. The van der Waals surface area contributed by atoms with Crippen molar-refractivity contribution in [1.29, 1.82) is 0 Å². The molecule has 34 heavy (non-hydrogen) atoms. The summed E-state index contributed by atoms with van der Waals surface area (Å²) in [7, 11) is 0. The highest BCUT2D eigenvalue weighted by Gasteiger charge is 2.47. The van der Waals surface area contributed by atoms with Gasteiger partial charge < -0.3 is 10.1 Å². The minimum absolute atomic E-state index is 0.132. The third kappa shape index (κ3) is 3.30. The first-order valence-corrected chi connectivity index (χ1v) is 10.2. The van der Waals surface area contributed by atoms with E-state index in [0.717, 1.165) is 16.5 Å². The van der Waals surface area contributed by atoms with Gasteiger partial charge in [-0.1, -0.05) is 24.3 Å². The quantitative estimate of drug-likeness (QED) is 0.150. The number of aromatic amines is 1. The number of anilines is 1. The summed E-state index contributed by atoms with van der Waals surface area (Å²) in [5, 5.41) is 22.8. The Labute approximate surface area is 191 Å². The number of nitro benzene ring substituents is 1. The van der Waals surface area contributed by atoms with Gasteiger partial charge >= 0.3 is 0 Å². The monoisotopic (exact) mass is 457 g/mol. The van der Waals surface area contributed by atoms with Crippen molar-refractivity contribution in [2.75, 3.05) is 4.90 Å². The highest BCUT2D eigenvalue weighted by atomic mass is 19.1. The SMILES string of the molecule is O=C1C(=O)N(c2cccc(F)c2)C(c2c[nH]c3ccccc23)/C1=C(\O)c1ccc([N+](=O)[O-])cc1. The van der Waals surface area contributed by atoms with Gasteiger partial charge in [0.25, 0.3) is 17.4 Å². The number of nitrogens with zero attached hydrogens (tertiary/aromatic N) is 2. The molecule has 1 aromatic heterocycles. The summed E-state index contributed by atoms with van der Waals surface area (Å²) < 4.78 is 14.0. The van der Waals surface area contributed by atoms with Crippen molar-refractivity contribution in [3.63, 3.8) is 0 Å². The number of non-ortho nitro benzene ring substituents is 1. The average molecular weight is 457 g/mol. The first-order chi connectivity index (χ1) is 16.4. The molecule has 1 atom stereocenters. The molecule has 0 spiro atoms. The van der Waals surface area contributed by atoms with Gasteiger partial charge in [0, 0.05) is 46.0 Å². The normalized spacial score (nSPS) is 17.4. The number of hydrogen-bond donors (Lipinski definition) is 2. The fraction of sp³-hybridized carbons (Fsp3) is 0.0400. The molecule has 1 fully saturated rings. The molecule has 5 rings (SSSR count). The lowest BCUT2D eigenvalue weighted by Crippen LogP contribution is -2.29. The van der Waals surface area contributed by atoms with Crippen molar-refractivity contribution < 1.29 is 24.0 Å². The molecule has 9 heteroatoms. The van der Waals surface area contributed by atoms with E-state index in [1.165, 1.54) is 42.5 Å². The van der Waals surface area contributed by atoms with Crippen LogP contribution in [0.4, 0.5) is 15.8 Å². The maximum absolute atomic E-state index is 14.0. The number of H-pyrrole nitrogens is 1. The lowest BCUT2D eigenvalue weighted by atomic mass is 9.94. The van der Waals surface area contributed by atoms with Crippen LogP contribution >= 0.6 is 0 Å². The van der Waals surface area contributed by atoms with E-state index in [1.807, 2.05) is 12.1 Å². The Kier molecular flexibility index (Phi) is 4.94. The van der Waals surface area contributed by atoms with Crippen LogP contribution in [0, 0.1) is 15.9 Å². The molecular weight excluding hydrogens is 441 g/mol. The van der Waals surface area contributed by atoms with Gasteiger partial charge in [-0.05, 0) is 36.4 Å². The molecule has 3 aromatic carbocycles. The number of aliphatic hydroxyl groups excluding tert-OH is 1. The van der Waals surface area contributed by atoms with Crippen LogP contribution in [-0.2, 0) is 9.59 Å². The van der Waals surface area contributed by atoms with E-state index >= 15 is 0 Å². The van der Waals surface area contributed by atoms with Gasteiger partial charge in [0.15, 0.2) is 0 Å². The van der Waals surface area contributed by atoms with E-state index in [0.29, 0.717) is 10.9 Å². The van der Waals surface area contributed by atoms with E-state index in [2.05, 4.69) is 4.98 Å². The smallest absolute Gasteiger partial charge is 0.300 e. The summed E-state index contributed by atoms with van der Waals surface area (Å²) >= 11 is 0. The van der Waals surface area contributed by atoms with Crippen molar-refractivity contribution in [3.8, 4) is 0 Å². The number of ketones is 1. The largest absolute Gasteiger partial charge is 0.507 e. The van der Waals surface area contributed by atoms with E-state index in [1.54, 1.807) is 18.3 Å². The summed E-state index contributed by atoms with van der Waals surface area (Å²) in [4.78, 5) is 41.0. The third-order valence-corrected chi connectivity index (χ3v) is 5.80. The molecule has 2 N–H and O–H groups in total. The number of halogens is 1. The molecule has 1 amide bonds. The molecule has 0 radical (unpaired) electrons. The Morgan fingerprint density at radius 2 is 1.76 bits per heavy atom. The lowest BCUT2D eigenvalue weighted by Gasteiger charge is -2.25. The zero-order valence-corrected chi connectivity index (χ0v) is 17.4. The Morgan fingerprint density at radius 3 is 2.47 bits per heavy atom. The number of aromatic nitrogens is 1. The molecule has 1 saturated heterocycles. The summed E-state index contributed by atoms with van der Waals surface area (Å²) in [6.07, 6.45) is 1.64. The van der Waals surface area contributed by atoms with Crippen molar-refractivity contribution in [3.05, 3.63) is 112 Å². The number of nitrogens with one attached hydrogen (secondary N) is 1. The average Bonchev–Trinajstić information content (AvgIpc) is 3.37. The maximum atomic E-state index is 14.0. The minimum atomic E-state index is -1.06. The van der Waals surface area contributed by atoms with Gasteiger partial charge in [0.05, 0.1) is 16.5 Å². The number of rotatable bonds is 4. The second-order valence-electron chi connectivity index (χ2n) is 7.74. The Morgan fingerprint density at radius 1 is 1.03 bits per heavy atom. The van der Waals surface area contributed by atoms with E-state index < -0.39 is 34.2 Å². The zero-order chi connectivity index (χ0) is 24.0. The highest BCUT2D eigenvalue weighted by Crippen LogP contribution is 2.44. The Balaban J connectivity index is 1.75. The number of hydrogen-bond acceptors (Lipinski definition) is 5. The lowest BCUT2D eigenvalue weighted by molar-refractivity contribution is -0.384. The Bertz CT molecular complexity index is 1510. The fourth-order valence-electron chi connectivity index (χ4n) is 4.24. The number of fused-ring (bicyclic) bond motifs is 1. The summed E-state index contributed by atoms with van der Waals surface area (Å²) in [5.41, 5.74) is 1.17. The molecular formula is C25H16FN3O5. The van der Waals surface area contributed by atoms with Crippen LogP contribution in [0.15, 0.2) is 84.6 Å². The molecule has 0 saturated carbocycles. The van der Waals surface area contributed by atoms with Crippen LogP contribution in [0.1, 0.15) is 17.2 Å². The maximum Gasteiger partial charge on any atom is 0.300 e. The predicted molar refractivity (Wildman–Crippen MR) is 123 cm³/mol. The molecule has 0 bridgehead atoms. The summed E-state index contributed by atoms with van der Waals surface area (Å²) in [5.74, 6) is -2.95. The Hall–Kier alpha value is -4.79. The van der Waals surface area contributed by atoms with Crippen LogP contribution < -0.4 is 4.90 Å². The van der Waals surface area contributed by atoms with E-state index in [4.69, 9.17) is 0 Å². The highest BCUT2D eigenvalue weighted by molar-refractivity contribution is 6.51. The van der Waals surface area contributed by atoms with E-state index in [-0.39, 0.29) is 22.5 Å². The van der Waals surface area contributed by atoms with Crippen LogP contribution in [0.25, 0.3) is 16.7 Å². The minimum Gasteiger partial charge on any atom is -0.507 e. The van der Waals surface area contributed by atoms with Gasteiger partial charge in [0.1, 0.15) is 11.6 Å². The predicted octanol–water partition coefficient (Wildman–Crippen LogP) is 4.84. The van der Waals surface area contributed by atoms with Crippen LogP contribution in [0.2, 0.25) is 0 Å². The number of Topliss-reactive ketones (excluding diaryl/α,β-unsaturated/α-hetero) is 1. The van der Waals surface area contributed by atoms with Gasteiger partial charge in [-0.2, -0.15) is 0 Å². The molecule has 1 aliphatic rings. The topological polar surface area (TPSA) is 117 Å². The van der Waals surface area contributed by atoms with Gasteiger partial charge in [0.2, 0.25) is 0 Å². The fourth-order valence-corrected chi connectivity index (χ4v) is 4.24. The van der Waals surface area contributed by atoms with E-state index in [9.17, 15) is 29.2 Å². The van der Waals surface area contributed by atoms with Crippen LogP contribution in [0.3, 0.4) is 0 Å². The number of aliphatic hydroxyl groups is 1.